The van der Waals surface area contributed by atoms with Gasteiger partial charge in [-0.05, 0) is 42.8 Å². The first-order valence-corrected chi connectivity index (χ1v) is 8.13. The van der Waals surface area contributed by atoms with Gasteiger partial charge in [-0.25, -0.2) is 8.42 Å². The number of ether oxygens (including phenoxy) is 1. The zero-order chi connectivity index (χ0) is 14.3. The number of nitrogens with one attached hydrogen (secondary N) is 1. The second-order valence-electron chi connectivity index (χ2n) is 4.46. The Morgan fingerprint density at radius 2 is 1.95 bits per heavy atom. The summed E-state index contributed by atoms with van der Waals surface area (Å²) in [5, 5.41) is 3.24. The first kappa shape index (κ1) is 15.7. The second-order valence-corrected chi connectivity index (χ2v) is 6.47. The minimum atomic E-state index is -3.15. The summed E-state index contributed by atoms with van der Waals surface area (Å²) in [6.07, 6.45) is 2.27. The standard InChI is InChI=1S/C14H21NO3S/c1-4-9-15-10-12(2)11-18-13-5-7-14(8-6-13)19(3,16)17/h5-8,15H,2,4,9-11H2,1,3H3. The molecule has 5 heteroatoms. The maximum atomic E-state index is 11.3. The predicted octanol–water partition coefficient (Wildman–Crippen LogP) is 2.02. The summed E-state index contributed by atoms with van der Waals surface area (Å²) in [4.78, 5) is 0.295. The van der Waals surface area contributed by atoms with Gasteiger partial charge in [0.1, 0.15) is 12.4 Å². The van der Waals surface area contributed by atoms with E-state index in [1.807, 2.05) is 0 Å². The van der Waals surface area contributed by atoms with Crippen molar-refractivity contribution in [3.05, 3.63) is 36.4 Å². The molecule has 0 aromatic heterocycles. The summed E-state index contributed by atoms with van der Waals surface area (Å²) >= 11 is 0. The maximum Gasteiger partial charge on any atom is 0.175 e. The van der Waals surface area contributed by atoms with Crippen LogP contribution >= 0.6 is 0 Å². The number of hydrogen-bond acceptors (Lipinski definition) is 4. The van der Waals surface area contributed by atoms with Gasteiger partial charge in [-0.2, -0.15) is 0 Å². The molecule has 1 aromatic carbocycles. The number of sulfone groups is 1. The van der Waals surface area contributed by atoms with E-state index in [-0.39, 0.29) is 0 Å². The highest BCUT2D eigenvalue weighted by Gasteiger charge is 2.06. The zero-order valence-electron chi connectivity index (χ0n) is 11.5. The molecular weight excluding hydrogens is 262 g/mol. The average Bonchev–Trinajstić information content (AvgIpc) is 2.36. The van der Waals surface area contributed by atoms with E-state index in [0.29, 0.717) is 17.3 Å². The SMILES string of the molecule is C=C(CNCCC)COc1ccc(S(C)(=O)=O)cc1. The lowest BCUT2D eigenvalue weighted by Gasteiger charge is -2.09. The molecule has 0 heterocycles. The Morgan fingerprint density at radius 3 is 2.47 bits per heavy atom. The van der Waals surface area contributed by atoms with Crippen LogP contribution in [0.2, 0.25) is 0 Å². The molecular formula is C14H21NO3S. The third-order valence-electron chi connectivity index (χ3n) is 2.50. The van der Waals surface area contributed by atoms with Crippen LogP contribution in [0.4, 0.5) is 0 Å². The van der Waals surface area contributed by atoms with E-state index in [9.17, 15) is 8.42 Å². The monoisotopic (exact) mass is 283 g/mol. The van der Waals surface area contributed by atoms with Gasteiger partial charge in [-0.1, -0.05) is 13.5 Å². The van der Waals surface area contributed by atoms with E-state index in [2.05, 4.69) is 18.8 Å². The summed E-state index contributed by atoms with van der Waals surface area (Å²) in [6, 6.07) is 6.40. The molecule has 4 nitrogen and oxygen atoms in total. The molecule has 0 unspecified atom stereocenters. The Morgan fingerprint density at radius 1 is 1.32 bits per heavy atom. The molecule has 0 saturated heterocycles. The molecule has 1 aromatic rings. The summed E-state index contributed by atoms with van der Waals surface area (Å²) < 4.78 is 28.1. The Labute approximate surface area is 115 Å². The molecule has 1 rings (SSSR count). The average molecular weight is 283 g/mol. The fraction of sp³-hybridized carbons (Fsp3) is 0.429. The quantitative estimate of drug-likeness (QED) is 0.586. The molecule has 0 saturated carbocycles. The number of rotatable bonds is 8. The van der Waals surface area contributed by atoms with Crippen LogP contribution in [-0.4, -0.2) is 34.4 Å². The lowest BCUT2D eigenvalue weighted by molar-refractivity contribution is 0.348. The summed E-state index contributed by atoms with van der Waals surface area (Å²) in [5.74, 6) is 0.643. The zero-order valence-corrected chi connectivity index (χ0v) is 12.3. The van der Waals surface area contributed by atoms with Gasteiger partial charge in [-0.15, -0.1) is 0 Å². The van der Waals surface area contributed by atoms with E-state index in [1.54, 1.807) is 24.3 Å². The minimum Gasteiger partial charge on any atom is -0.489 e. The van der Waals surface area contributed by atoms with Crippen LogP contribution in [0.3, 0.4) is 0 Å². The van der Waals surface area contributed by atoms with E-state index < -0.39 is 9.84 Å². The second kappa shape index (κ2) is 7.31. The van der Waals surface area contributed by atoms with Crippen molar-refractivity contribution in [1.82, 2.24) is 5.32 Å². The molecule has 0 aliphatic rings. The van der Waals surface area contributed by atoms with Crippen molar-refractivity contribution < 1.29 is 13.2 Å². The predicted molar refractivity (Wildman–Crippen MR) is 77.3 cm³/mol. The van der Waals surface area contributed by atoms with Gasteiger partial charge in [0.05, 0.1) is 4.90 Å². The molecule has 0 spiro atoms. The van der Waals surface area contributed by atoms with Crippen LogP contribution in [0.25, 0.3) is 0 Å². The number of hydrogen-bond donors (Lipinski definition) is 1. The molecule has 0 aliphatic carbocycles. The molecule has 0 aliphatic heterocycles. The van der Waals surface area contributed by atoms with Crippen LogP contribution < -0.4 is 10.1 Å². The summed E-state index contributed by atoms with van der Waals surface area (Å²) in [5.41, 5.74) is 0.959. The van der Waals surface area contributed by atoms with Gasteiger partial charge in [0.2, 0.25) is 0 Å². The molecule has 19 heavy (non-hydrogen) atoms. The normalized spacial score (nSPS) is 11.3. The molecule has 0 atom stereocenters. The van der Waals surface area contributed by atoms with Gasteiger partial charge in [0.15, 0.2) is 9.84 Å². The van der Waals surface area contributed by atoms with Crippen LogP contribution in [0.15, 0.2) is 41.3 Å². The summed E-state index contributed by atoms with van der Waals surface area (Å²) in [7, 11) is -3.15. The van der Waals surface area contributed by atoms with Crippen molar-refractivity contribution >= 4 is 9.84 Å². The molecule has 1 N–H and O–H groups in total. The van der Waals surface area contributed by atoms with E-state index in [1.165, 1.54) is 6.26 Å². The first-order chi connectivity index (χ1) is 8.93. The fourth-order valence-electron chi connectivity index (χ4n) is 1.46. The lowest BCUT2D eigenvalue weighted by atomic mass is 10.3. The van der Waals surface area contributed by atoms with Crippen LogP contribution in [0.5, 0.6) is 5.75 Å². The topological polar surface area (TPSA) is 55.4 Å². The van der Waals surface area contributed by atoms with Crippen molar-refractivity contribution in [1.29, 1.82) is 0 Å². The Kier molecular flexibility index (Phi) is 6.05. The van der Waals surface area contributed by atoms with Crippen LogP contribution in [-0.2, 0) is 9.84 Å². The van der Waals surface area contributed by atoms with Gasteiger partial charge < -0.3 is 10.1 Å². The molecule has 106 valence electrons. The van der Waals surface area contributed by atoms with E-state index in [0.717, 1.165) is 25.1 Å². The molecule has 0 amide bonds. The van der Waals surface area contributed by atoms with Crippen molar-refractivity contribution in [3.8, 4) is 5.75 Å². The Bertz CT molecular complexity index is 506. The van der Waals surface area contributed by atoms with Gasteiger partial charge in [0, 0.05) is 12.8 Å². The highest BCUT2D eigenvalue weighted by molar-refractivity contribution is 7.90. The van der Waals surface area contributed by atoms with Crippen molar-refractivity contribution in [2.75, 3.05) is 26.0 Å². The molecule has 0 bridgehead atoms. The third kappa shape index (κ3) is 5.89. The third-order valence-corrected chi connectivity index (χ3v) is 3.63. The van der Waals surface area contributed by atoms with Gasteiger partial charge in [-0.3, -0.25) is 0 Å². The lowest BCUT2D eigenvalue weighted by Crippen LogP contribution is -2.20. The van der Waals surface area contributed by atoms with E-state index in [4.69, 9.17) is 4.74 Å². The van der Waals surface area contributed by atoms with Crippen molar-refractivity contribution in [2.24, 2.45) is 0 Å². The maximum absolute atomic E-state index is 11.3. The van der Waals surface area contributed by atoms with E-state index >= 15 is 0 Å². The Hall–Kier alpha value is -1.33. The highest BCUT2D eigenvalue weighted by atomic mass is 32.2. The minimum absolute atomic E-state index is 0.295. The molecule has 0 fully saturated rings. The molecule has 0 radical (unpaired) electrons. The first-order valence-electron chi connectivity index (χ1n) is 6.23. The van der Waals surface area contributed by atoms with Crippen LogP contribution in [0, 0.1) is 0 Å². The van der Waals surface area contributed by atoms with Gasteiger partial charge in [0.25, 0.3) is 0 Å². The summed E-state index contributed by atoms with van der Waals surface area (Å²) in [6.45, 7) is 8.14. The van der Waals surface area contributed by atoms with Crippen molar-refractivity contribution in [3.63, 3.8) is 0 Å². The number of benzene rings is 1. The largest absolute Gasteiger partial charge is 0.489 e. The fourth-order valence-corrected chi connectivity index (χ4v) is 2.09. The van der Waals surface area contributed by atoms with Crippen LogP contribution in [0.1, 0.15) is 13.3 Å². The Balaban J connectivity index is 2.44. The van der Waals surface area contributed by atoms with Crippen molar-refractivity contribution in [2.45, 2.75) is 18.2 Å². The van der Waals surface area contributed by atoms with Gasteiger partial charge >= 0.3 is 0 Å². The smallest absolute Gasteiger partial charge is 0.175 e. The highest BCUT2D eigenvalue weighted by Crippen LogP contribution is 2.16.